The average Bonchev–Trinajstić information content (AvgIpc) is 2.74. The summed E-state index contributed by atoms with van der Waals surface area (Å²) >= 11 is 0. The van der Waals surface area contributed by atoms with Gasteiger partial charge in [0.2, 0.25) is 0 Å². The summed E-state index contributed by atoms with van der Waals surface area (Å²) in [5.74, 6) is 3.69. The normalized spacial score (nSPS) is 60.6. The Balaban J connectivity index is 1.86. The molecule has 80 valence electrons. The van der Waals surface area contributed by atoms with Gasteiger partial charge in [-0.3, -0.25) is 0 Å². The summed E-state index contributed by atoms with van der Waals surface area (Å²) in [6.07, 6.45) is 6.53. The van der Waals surface area contributed by atoms with Crippen molar-refractivity contribution in [1.29, 1.82) is 0 Å². The van der Waals surface area contributed by atoms with Crippen LogP contribution in [0.5, 0.6) is 0 Å². The SMILES string of the molecule is CCC1(C)CC2CC1C1CC(O)CC21. The minimum atomic E-state index is 0.0366. The van der Waals surface area contributed by atoms with E-state index in [0.29, 0.717) is 5.41 Å². The second-order valence-corrected chi connectivity index (χ2v) is 6.27. The highest BCUT2D eigenvalue weighted by atomic mass is 16.3. The number of hydrogen-bond donors (Lipinski definition) is 1. The maximum Gasteiger partial charge on any atom is 0.0546 e. The molecule has 1 nitrogen and oxygen atoms in total. The molecule has 0 aromatic heterocycles. The Morgan fingerprint density at radius 2 is 1.93 bits per heavy atom. The van der Waals surface area contributed by atoms with Gasteiger partial charge in [0.05, 0.1) is 6.10 Å². The van der Waals surface area contributed by atoms with Crippen molar-refractivity contribution in [3.63, 3.8) is 0 Å². The van der Waals surface area contributed by atoms with Crippen LogP contribution in [-0.4, -0.2) is 11.2 Å². The fourth-order valence-electron chi connectivity index (χ4n) is 4.95. The number of aliphatic hydroxyl groups is 1. The minimum Gasteiger partial charge on any atom is -0.393 e. The van der Waals surface area contributed by atoms with Gasteiger partial charge in [-0.15, -0.1) is 0 Å². The van der Waals surface area contributed by atoms with Gasteiger partial charge >= 0.3 is 0 Å². The van der Waals surface area contributed by atoms with Crippen LogP contribution in [0.25, 0.3) is 0 Å². The van der Waals surface area contributed by atoms with E-state index < -0.39 is 0 Å². The zero-order chi connectivity index (χ0) is 9.92. The molecule has 14 heavy (non-hydrogen) atoms. The van der Waals surface area contributed by atoms with Gasteiger partial charge < -0.3 is 5.11 Å². The molecule has 1 heteroatoms. The van der Waals surface area contributed by atoms with Gasteiger partial charge in [-0.05, 0) is 54.8 Å². The summed E-state index contributed by atoms with van der Waals surface area (Å²) in [6.45, 7) is 4.83. The van der Waals surface area contributed by atoms with E-state index in [4.69, 9.17) is 0 Å². The van der Waals surface area contributed by atoms with Crippen molar-refractivity contribution in [2.24, 2.45) is 29.1 Å². The molecular weight excluding hydrogens is 172 g/mol. The molecule has 0 heterocycles. The van der Waals surface area contributed by atoms with Crippen LogP contribution in [-0.2, 0) is 0 Å². The van der Waals surface area contributed by atoms with Gasteiger partial charge in [0, 0.05) is 0 Å². The topological polar surface area (TPSA) is 20.2 Å². The lowest BCUT2D eigenvalue weighted by Gasteiger charge is -2.39. The van der Waals surface area contributed by atoms with Crippen LogP contribution in [0, 0.1) is 29.1 Å². The number of rotatable bonds is 1. The molecule has 0 aromatic rings. The zero-order valence-electron chi connectivity index (χ0n) is 9.37. The van der Waals surface area contributed by atoms with E-state index in [1.165, 1.54) is 19.3 Å². The Morgan fingerprint density at radius 3 is 2.64 bits per heavy atom. The highest BCUT2D eigenvalue weighted by Crippen LogP contribution is 2.66. The van der Waals surface area contributed by atoms with Crippen molar-refractivity contribution in [1.82, 2.24) is 0 Å². The quantitative estimate of drug-likeness (QED) is 0.680. The maximum absolute atomic E-state index is 9.74. The summed E-state index contributed by atoms with van der Waals surface area (Å²) in [5, 5.41) is 9.74. The molecule has 0 saturated heterocycles. The number of fused-ring (bicyclic) bond motifs is 5. The lowest BCUT2D eigenvalue weighted by Crippen LogP contribution is -2.32. The van der Waals surface area contributed by atoms with Gasteiger partial charge in [-0.25, -0.2) is 0 Å². The molecule has 3 saturated carbocycles. The van der Waals surface area contributed by atoms with Crippen LogP contribution in [0.1, 0.15) is 46.0 Å². The van der Waals surface area contributed by atoms with Crippen LogP contribution < -0.4 is 0 Å². The molecule has 0 aliphatic heterocycles. The second-order valence-electron chi connectivity index (χ2n) is 6.27. The van der Waals surface area contributed by atoms with Gasteiger partial charge in [0.15, 0.2) is 0 Å². The third kappa shape index (κ3) is 0.997. The third-order valence-corrected chi connectivity index (χ3v) is 5.75. The van der Waals surface area contributed by atoms with Crippen molar-refractivity contribution >= 4 is 0 Å². The van der Waals surface area contributed by atoms with Crippen molar-refractivity contribution in [2.45, 2.75) is 52.1 Å². The first-order valence-electron chi connectivity index (χ1n) is 6.32. The minimum absolute atomic E-state index is 0.0366. The first-order chi connectivity index (χ1) is 6.64. The third-order valence-electron chi connectivity index (χ3n) is 5.75. The van der Waals surface area contributed by atoms with E-state index in [1.807, 2.05) is 0 Å². The highest BCUT2D eigenvalue weighted by molar-refractivity contribution is 5.08. The lowest BCUT2D eigenvalue weighted by molar-refractivity contribution is 0.0939. The summed E-state index contributed by atoms with van der Waals surface area (Å²) in [7, 11) is 0. The molecule has 1 N–H and O–H groups in total. The molecule has 0 amide bonds. The summed E-state index contributed by atoms with van der Waals surface area (Å²) < 4.78 is 0. The van der Waals surface area contributed by atoms with Crippen LogP contribution >= 0.6 is 0 Å². The number of hydrogen-bond acceptors (Lipinski definition) is 1. The Kier molecular flexibility index (Phi) is 1.81. The second kappa shape index (κ2) is 2.75. The molecule has 3 aliphatic carbocycles. The first-order valence-corrected chi connectivity index (χ1v) is 6.32. The smallest absolute Gasteiger partial charge is 0.0546 e. The van der Waals surface area contributed by atoms with Crippen molar-refractivity contribution in [2.75, 3.05) is 0 Å². The van der Waals surface area contributed by atoms with Crippen LogP contribution in [0.4, 0.5) is 0 Å². The standard InChI is InChI=1S/C13H22O/c1-3-13(2)7-8-4-12(13)11-6-9(14)5-10(8)11/h8-12,14H,3-7H2,1-2H3. The van der Waals surface area contributed by atoms with Crippen LogP contribution in [0.2, 0.25) is 0 Å². The van der Waals surface area contributed by atoms with Gasteiger partial charge in [0.25, 0.3) is 0 Å². The molecule has 6 atom stereocenters. The fraction of sp³-hybridized carbons (Fsp3) is 1.00. The Hall–Kier alpha value is -0.0400. The molecule has 0 radical (unpaired) electrons. The van der Waals surface area contributed by atoms with Gasteiger partial charge in [-0.1, -0.05) is 20.3 Å². The molecule has 3 aliphatic rings. The molecule has 2 bridgehead atoms. The Morgan fingerprint density at radius 1 is 1.21 bits per heavy atom. The fourth-order valence-corrected chi connectivity index (χ4v) is 4.95. The zero-order valence-corrected chi connectivity index (χ0v) is 9.37. The average molecular weight is 194 g/mol. The summed E-state index contributed by atoms with van der Waals surface area (Å²) in [6, 6.07) is 0. The Labute approximate surface area is 86.9 Å². The van der Waals surface area contributed by atoms with Gasteiger partial charge in [0.1, 0.15) is 0 Å². The number of aliphatic hydroxyl groups excluding tert-OH is 1. The van der Waals surface area contributed by atoms with Crippen molar-refractivity contribution in [3.8, 4) is 0 Å². The van der Waals surface area contributed by atoms with E-state index in [0.717, 1.165) is 36.5 Å². The van der Waals surface area contributed by atoms with Gasteiger partial charge in [-0.2, -0.15) is 0 Å². The van der Waals surface area contributed by atoms with Crippen LogP contribution in [0.3, 0.4) is 0 Å². The lowest BCUT2D eigenvalue weighted by atomic mass is 9.65. The van der Waals surface area contributed by atoms with E-state index in [9.17, 15) is 5.11 Å². The molecule has 0 spiro atoms. The first kappa shape index (κ1) is 9.21. The molecule has 3 rings (SSSR count). The van der Waals surface area contributed by atoms with E-state index in [2.05, 4.69) is 13.8 Å². The summed E-state index contributed by atoms with van der Waals surface area (Å²) in [4.78, 5) is 0. The van der Waals surface area contributed by atoms with Crippen molar-refractivity contribution in [3.05, 3.63) is 0 Å². The monoisotopic (exact) mass is 194 g/mol. The predicted octanol–water partition coefficient (Wildman–Crippen LogP) is 2.83. The van der Waals surface area contributed by atoms with E-state index in [-0.39, 0.29) is 6.10 Å². The van der Waals surface area contributed by atoms with E-state index in [1.54, 1.807) is 0 Å². The van der Waals surface area contributed by atoms with Crippen LogP contribution in [0.15, 0.2) is 0 Å². The predicted molar refractivity (Wildman–Crippen MR) is 56.8 cm³/mol. The maximum atomic E-state index is 9.74. The summed E-state index contributed by atoms with van der Waals surface area (Å²) in [5.41, 5.74) is 0.621. The van der Waals surface area contributed by atoms with Crippen molar-refractivity contribution < 1.29 is 5.11 Å². The largest absolute Gasteiger partial charge is 0.393 e. The molecule has 0 aromatic carbocycles. The molecule has 6 unspecified atom stereocenters. The highest BCUT2D eigenvalue weighted by Gasteiger charge is 2.59. The molecule has 3 fully saturated rings. The molecular formula is C13H22O. The van der Waals surface area contributed by atoms with E-state index >= 15 is 0 Å². The Bertz CT molecular complexity index is 250.